The molecule has 1 saturated carbocycles. The number of carbonyl (C=O) groups excluding carboxylic acids is 2. The van der Waals surface area contributed by atoms with Crippen molar-refractivity contribution >= 4 is 40.0 Å². The molecule has 2 heterocycles. The minimum absolute atomic E-state index is 0.146. The second-order valence-corrected chi connectivity index (χ2v) is 10.2. The monoisotopic (exact) mass is 448 g/mol. The predicted molar refractivity (Wildman–Crippen MR) is 119 cm³/mol. The maximum absolute atomic E-state index is 12.7. The van der Waals surface area contributed by atoms with Gasteiger partial charge in [-0.1, -0.05) is 18.2 Å². The number of carbonyl (C=O) groups is 2. The number of hydrogen-bond donors (Lipinski definition) is 1. The molecule has 1 N–H and O–H groups in total. The molecule has 9 heteroatoms. The zero-order valence-electron chi connectivity index (χ0n) is 17.7. The quantitative estimate of drug-likeness (QED) is 0.379. The number of thioether (sulfide) groups is 1. The Bertz CT molecular complexity index is 946. The second kappa shape index (κ2) is 9.09. The molecule has 0 saturated heterocycles. The van der Waals surface area contributed by atoms with E-state index in [1.807, 2.05) is 0 Å². The van der Waals surface area contributed by atoms with E-state index in [1.165, 1.54) is 41.5 Å². The van der Waals surface area contributed by atoms with Gasteiger partial charge < -0.3 is 14.6 Å². The van der Waals surface area contributed by atoms with E-state index in [2.05, 4.69) is 33.9 Å². The molecule has 0 bridgehead atoms. The van der Waals surface area contributed by atoms with Crippen LogP contribution in [-0.4, -0.2) is 39.5 Å². The Balaban J connectivity index is 1.48. The molecule has 0 radical (unpaired) electrons. The summed E-state index contributed by atoms with van der Waals surface area (Å²) in [7, 11) is 1.39. The van der Waals surface area contributed by atoms with Crippen LogP contribution in [0.15, 0.2) is 5.16 Å². The molecule has 0 atom stereocenters. The number of hydrogen-bond acceptors (Lipinski definition) is 7. The van der Waals surface area contributed by atoms with E-state index in [-0.39, 0.29) is 23.7 Å². The molecular weight excluding hydrogens is 420 g/mol. The maximum atomic E-state index is 12.7. The number of amides is 1. The Kier molecular flexibility index (Phi) is 6.48. The molecule has 30 heavy (non-hydrogen) atoms. The van der Waals surface area contributed by atoms with Crippen molar-refractivity contribution in [2.75, 3.05) is 18.2 Å². The van der Waals surface area contributed by atoms with Crippen LogP contribution in [0.5, 0.6) is 0 Å². The summed E-state index contributed by atoms with van der Waals surface area (Å²) in [6, 6.07) is 0.250. The first-order valence-corrected chi connectivity index (χ1v) is 12.4. The molecule has 2 aliphatic rings. The van der Waals surface area contributed by atoms with Gasteiger partial charge in [0.05, 0.1) is 18.4 Å². The summed E-state index contributed by atoms with van der Waals surface area (Å²) in [6.45, 7) is 4.22. The van der Waals surface area contributed by atoms with Crippen molar-refractivity contribution in [3.63, 3.8) is 0 Å². The van der Waals surface area contributed by atoms with Crippen molar-refractivity contribution in [3.8, 4) is 0 Å². The zero-order valence-corrected chi connectivity index (χ0v) is 19.3. The maximum Gasteiger partial charge on any atom is 0.341 e. The van der Waals surface area contributed by atoms with Gasteiger partial charge in [0, 0.05) is 16.8 Å². The van der Waals surface area contributed by atoms with E-state index in [1.54, 1.807) is 0 Å². The first-order valence-electron chi connectivity index (χ1n) is 10.6. The number of thiophene rings is 1. The van der Waals surface area contributed by atoms with Gasteiger partial charge in [0.25, 0.3) is 0 Å². The number of aromatic nitrogens is 3. The van der Waals surface area contributed by atoms with E-state index in [4.69, 9.17) is 4.74 Å². The number of nitrogens with one attached hydrogen (secondary N) is 1. The van der Waals surface area contributed by atoms with Crippen LogP contribution in [0, 0.1) is 0 Å². The van der Waals surface area contributed by atoms with Gasteiger partial charge in [-0.3, -0.25) is 4.79 Å². The van der Waals surface area contributed by atoms with Gasteiger partial charge in [-0.2, -0.15) is 0 Å². The fraction of sp³-hybridized carbons (Fsp3) is 0.619. The minimum atomic E-state index is -0.369. The number of anilines is 1. The van der Waals surface area contributed by atoms with Crippen LogP contribution in [0.2, 0.25) is 0 Å². The highest BCUT2D eigenvalue weighted by Crippen LogP contribution is 2.41. The van der Waals surface area contributed by atoms with Crippen molar-refractivity contribution in [1.82, 2.24) is 14.8 Å². The van der Waals surface area contributed by atoms with E-state index in [0.29, 0.717) is 16.5 Å². The number of methoxy groups -OCH3 is 1. The van der Waals surface area contributed by atoms with Crippen molar-refractivity contribution in [2.24, 2.45) is 0 Å². The van der Waals surface area contributed by atoms with Gasteiger partial charge in [0.15, 0.2) is 5.16 Å². The molecule has 0 aliphatic heterocycles. The van der Waals surface area contributed by atoms with Gasteiger partial charge in [-0.15, -0.1) is 21.5 Å². The Morgan fingerprint density at radius 2 is 2.00 bits per heavy atom. The summed E-state index contributed by atoms with van der Waals surface area (Å²) in [6.07, 6.45) is 7.49. The molecule has 2 aromatic heterocycles. The molecule has 1 fully saturated rings. The number of rotatable bonds is 7. The molecule has 7 nitrogen and oxygen atoms in total. The largest absolute Gasteiger partial charge is 0.465 e. The van der Waals surface area contributed by atoms with Crippen LogP contribution >= 0.6 is 23.1 Å². The molecular formula is C21H28N4O3S2. The Morgan fingerprint density at radius 3 is 2.70 bits per heavy atom. The highest BCUT2D eigenvalue weighted by Gasteiger charge is 2.31. The molecule has 0 spiro atoms. The summed E-state index contributed by atoms with van der Waals surface area (Å²) in [4.78, 5) is 26.4. The van der Waals surface area contributed by atoms with Crippen LogP contribution in [0.1, 0.15) is 84.5 Å². The third-order valence-corrected chi connectivity index (χ3v) is 7.70. The van der Waals surface area contributed by atoms with E-state index in [9.17, 15) is 9.59 Å². The summed E-state index contributed by atoms with van der Waals surface area (Å²) in [5.74, 6) is 1.24. The van der Waals surface area contributed by atoms with Crippen LogP contribution in [-0.2, 0) is 22.4 Å². The first-order chi connectivity index (χ1) is 14.5. The molecule has 0 aromatic carbocycles. The highest BCUT2D eigenvalue weighted by atomic mass is 32.2. The van der Waals surface area contributed by atoms with Crippen molar-refractivity contribution in [2.45, 2.75) is 75.9 Å². The first kappa shape index (κ1) is 21.4. The Morgan fingerprint density at radius 1 is 1.23 bits per heavy atom. The SMILES string of the molecule is COC(=O)c1c(NC(=O)CSc2nnc(C3CC3)n2C(C)C)sc2c1CCCCC2. The summed E-state index contributed by atoms with van der Waals surface area (Å²) in [5.41, 5.74) is 1.60. The lowest BCUT2D eigenvalue weighted by atomic mass is 10.1. The fourth-order valence-electron chi connectivity index (χ4n) is 3.93. The van der Waals surface area contributed by atoms with Crippen molar-refractivity contribution in [3.05, 3.63) is 21.8 Å². The van der Waals surface area contributed by atoms with Gasteiger partial charge in [0.2, 0.25) is 5.91 Å². The molecule has 2 aliphatic carbocycles. The molecule has 0 unspecified atom stereocenters. The predicted octanol–water partition coefficient (Wildman–Crippen LogP) is 4.58. The van der Waals surface area contributed by atoms with Crippen LogP contribution in [0.4, 0.5) is 5.00 Å². The number of nitrogens with zero attached hydrogens (tertiary/aromatic N) is 3. The Hall–Kier alpha value is -1.87. The third-order valence-electron chi connectivity index (χ3n) is 5.55. The number of fused-ring (bicyclic) bond motifs is 1. The van der Waals surface area contributed by atoms with Gasteiger partial charge in [0.1, 0.15) is 10.8 Å². The van der Waals surface area contributed by atoms with Crippen LogP contribution < -0.4 is 5.32 Å². The molecule has 4 rings (SSSR count). The lowest BCUT2D eigenvalue weighted by molar-refractivity contribution is -0.113. The summed E-state index contributed by atoms with van der Waals surface area (Å²) in [5, 5.41) is 13.0. The topological polar surface area (TPSA) is 86.1 Å². The lowest BCUT2D eigenvalue weighted by Crippen LogP contribution is -2.17. The van der Waals surface area contributed by atoms with Crippen molar-refractivity contribution < 1.29 is 14.3 Å². The molecule has 2 aromatic rings. The Labute approximate surface area is 185 Å². The smallest absolute Gasteiger partial charge is 0.341 e. The standard InChI is InChI=1S/C21H28N4O3S2/c1-12(2)25-18(13-9-10-13)23-24-21(25)29-11-16(26)22-19-17(20(27)28-3)14-7-5-4-6-8-15(14)30-19/h12-13H,4-11H2,1-3H3,(H,22,26). The van der Waals surface area contributed by atoms with E-state index in [0.717, 1.165) is 55.1 Å². The summed E-state index contributed by atoms with van der Waals surface area (Å²) < 4.78 is 7.16. The highest BCUT2D eigenvalue weighted by molar-refractivity contribution is 7.99. The fourth-order valence-corrected chi connectivity index (χ4v) is 6.10. The molecule has 1 amide bonds. The average molecular weight is 449 g/mol. The lowest BCUT2D eigenvalue weighted by Gasteiger charge is -2.13. The minimum Gasteiger partial charge on any atom is -0.465 e. The zero-order chi connectivity index (χ0) is 21.3. The van der Waals surface area contributed by atoms with Crippen LogP contribution in [0.3, 0.4) is 0 Å². The number of aryl methyl sites for hydroxylation is 1. The number of ether oxygens (including phenoxy) is 1. The van der Waals surface area contributed by atoms with E-state index < -0.39 is 0 Å². The van der Waals surface area contributed by atoms with Gasteiger partial charge >= 0.3 is 5.97 Å². The third kappa shape index (κ3) is 4.42. The summed E-state index contributed by atoms with van der Waals surface area (Å²) >= 11 is 2.91. The van der Waals surface area contributed by atoms with Gasteiger partial charge in [-0.25, -0.2) is 4.79 Å². The average Bonchev–Trinajstić information content (AvgIpc) is 3.44. The van der Waals surface area contributed by atoms with Crippen LogP contribution in [0.25, 0.3) is 0 Å². The second-order valence-electron chi connectivity index (χ2n) is 8.18. The van der Waals surface area contributed by atoms with Gasteiger partial charge in [-0.05, 0) is 57.9 Å². The normalized spacial score (nSPS) is 16.3. The van der Waals surface area contributed by atoms with Crippen molar-refractivity contribution in [1.29, 1.82) is 0 Å². The number of esters is 1. The molecule has 162 valence electrons. The van der Waals surface area contributed by atoms with E-state index >= 15 is 0 Å².